The number of nitrogen functional groups attached to an aromatic ring is 1. The average molecular weight is 344 g/mol. The number of halogens is 2. The zero-order valence-corrected chi connectivity index (χ0v) is 12.7. The van der Waals surface area contributed by atoms with Crippen LogP contribution >= 0.6 is 27.5 Å². The fourth-order valence-corrected chi connectivity index (χ4v) is 2.14. The molecule has 19 heavy (non-hydrogen) atoms. The topological polar surface area (TPSA) is 73.1 Å². The summed E-state index contributed by atoms with van der Waals surface area (Å²) in [6.07, 6.45) is 0. The van der Waals surface area contributed by atoms with Crippen LogP contribution in [0.4, 0.5) is 17.2 Å². The Morgan fingerprint density at radius 2 is 2.11 bits per heavy atom. The first-order valence-corrected chi connectivity index (χ1v) is 6.58. The van der Waals surface area contributed by atoms with E-state index in [-0.39, 0.29) is 5.28 Å². The maximum atomic E-state index is 5.91. The predicted molar refractivity (Wildman–Crippen MR) is 80.2 cm³/mol. The number of nitrogens with zero attached hydrogens (tertiary/aromatic N) is 2. The largest absolute Gasteiger partial charge is 0.495 e. The summed E-state index contributed by atoms with van der Waals surface area (Å²) in [5.74, 6) is 1.18. The van der Waals surface area contributed by atoms with E-state index in [1.165, 1.54) is 0 Å². The first kappa shape index (κ1) is 13.9. The highest BCUT2D eigenvalue weighted by molar-refractivity contribution is 9.10. The third-order valence-electron chi connectivity index (χ3n) is 2.52. The van der Waals surface area contributed by atoms with Crippen LogP contribution in [-0.4, -0.2) is 17.1 Å². The molecule has 5 nitrogen and oxygen atoms in total. The van der Waals surface area contributed by atoms with Crippen molar-refractivity contribution in [2.75, 3.05) is 18.2 Å². The number of aryl methyl sites for hydroxylation is 1. The lowest BCUT2D eigenvalue weighted by molar-refractivity contribution is 0.412. The van der Waals surface area contributed by atoms with Gasteiger partial charge in [-0.3, -0.25) is 0 Å². The number of nitrogens with two attached hydrogens (primary N) is 1. The molecule has 0 saturated heterocycles. The van der Waals surface area contributed by atoms with Crippen molar-refractivity contribution in [2.45, 2.75) is 6.92 Å². The molecule has 0 aliphatic rings. The molecule has 0 saturated carbocycles. The molecule has 3 N–H and O–H groups in total. The average Bonchev–Trinajstić information content (AvgIpc) is 2.37. The molecule has 0 aliphatic heterocycles. The van der Waals surface area contributed by atoms with Crippen molar-refractivity contribution >= 4 is 44.7 Å². The van der Waals surface area contributed by atoms with Crippen molar-refractivity contribution < 1.29 is 4.74 Å². The summed E-state index contributed by atoms with van der Waals surface area (Å²) in [5, 5.41) is 3.25. The molecule has 100 valence electrons. The van der Waals surface area contributed by atoms with Gasteiger partial charge in [-0.05, 0) is 46.6 Å². The van der Waals surface area contributed by atoms with Crippen molar-refractivity contribution in [2.24, 2.45) is 0 Å². The number of nitrogens with one attached hydrogen (secondary N) is 1. The van der Waals surface area contributed by atoms with Gasteiger partial charge in [0.15, 0.2) is 5.82 Å². The quantitative estimate of drug-likeness (QED) is 0.834. The van der Waals surface area contributed by atoms with Crippen LogP contribution in [0.2, 0.25) is 5.28 Å². The van der Waals surface area contributed by atoms with E-state index in [9.17, 15) is 0 Å². The first-order chi connectivity index (χ1) is 9.01. The van der Waals surface area contributed by atoms with E-state index < -0.39 is 0 Å². The molecular formula is C12H12BrClN4O. The molecule has 0 bridgehead atoms. The zero-order valence-electron chi connectivity index (χ0n) is 10.4. The van der Waals surface area contributed by atoms with Crippen LogP contribution in [0.15, 0.2) is 22.7 Å². The Morgan fingerprint density at radius 3 is 2.79 bits per heavy atom. The molecule has 1 heterocycles. The Hall–Kier alpha value is -1.53. The molecule has 0 aliphatic carbocycles. The second-order valence-electron chi connectivity index (χ2n) is 3.81. The van der Waals surface area contributed by atoms with E-state index in [0.717, 1.165) is 10.2 Å². The lowest BCUT2D eigenvalue weighted by atomic mass is 10.3. The Kier molecular flexibility index (Phi) is 4.11. The second-order valence-corrected chi connectivity index (χ2v) is 5.01. The Balaban J connectivity index is 2.36. The van der Waals surface area contributed by atoms with Crippen LogP contribution < -0.4 is 15.8 Å². The lowest BCUT2D eigenvalue weighted by Crippen LogP contribution is -2.04. The maximum absolute atomic E-state index is 5.91. The van der Waals surface area contributed by atoms with E-state index >= 15 is 0 Å². The SMILES string of the molecule is COc1cc(Nc2nc(Cl)nc(C)c2N)ccc1Br. The monoisotopic (exact) mass is 342 g/mol. The first-order valence-electron chi connectivity index (χ1n) is 5.41. The van der Waals surface area contributed by atoms with Gasteiger partial charge in [0.25, 0.3) is 0 Å². The van der Waals surface area contributed by atoms with Crippen molar-refractivity contribution in [3.05, 3.63) is 33.6 Å². The van der Waals surface area contributed by atoms with Crippen LogP contribution in [0.1, 0.15) is 5.69 Å². The number of anilines is 3. The van der Waals surface area contributed by atoms with E-state index in [2.05, 4.69) is 31.2 Å². The fraction of sp³-hybridized carbons (Fsp3) is 0.167. The highest BCUT2D eigenvalue weighted by Gasteiger charge is 2.09. The molecule has 0 spiro atoms. The van der Waals surface area contributed by atoms with Gasteiger partial charge in [-0.1, -0.05) is 0 Å². The molecule has 2 rings (SSSR count). The normalized spacial score (nSPS) is 10.3. The molecule has 0 fully saturated rings. The maximum Gasteiger partial charge on any atom is 0.224 e. The zero-order chi connectivity index (χ0) is 14.0. The summed E-state index contributed by atoms with van der Waals surface area (Å²) in [4.78, 5) is 8.05. The molecule has 7 heteroatoms. The molecule has 0 unspecified atom stereocenters. The Morgan fingerprint density at radius 1 is 1.37 bits per heavy atom. The minimum Gasteiger partial charge on any atom is -0.495 e. The predicted octanol–water partition coefficient (Wildman–Crippen LogP) is 3.54. The van der Waals surface area contributed by atoms with Gasteiger partial charge in [0.2, 0.25) is 5.28 Å². The number of benzene rings is 1. The molecule has 0 radical (unpaired) electrons. The standard InChI is InChI=1S/C12H12BrClN4O/c1-6-10(15)11(18-12(14)16-6)17-7-3-4-8(13)9(5-7)19-2/h3-5H,15H2,1-2H3,(H,16,17,18). The summed E-state index contributed by atoms with van der Waals surface area (Å²) < 4.78 is 6.09. The van der Waals surface area contributed by atoms with Crippen LogP contribution in [0, 0.1) is 6.92 Å². The number of ether oxygens (including phenoxy) is 1. The van der Waals surface area contributed by atoms with Crippen LogP contribution in [0.3, 0.4) is 0 Å². The molecule has 1 aromatic carbocycles. The lowest BCUT2D eigenvalue weighted by Gasteiger charge is -2.11. The smallest absolute Gasteiger partial charge is 0.224 e. The van der Waals surface area contributed by atoms with E-state index in [1.807, 2.05) is 18.2 Å². The van der Waals surface area contributed by atoms with Gasteiger partial charge in [0, 0.05) is 11.8 Å². The van der Waals surface area contributed by atoms with Gasteiger partial charge in [-0.2, -0.15) is 4.98 Å². The second kappa shape index (κ2) is 5.63. The number of aromatic nitrogens is 2. The van der Waals surface area contributed by atoms with Gasteiger partial charge in [-0.15, -0.1) is 0 Å². The summed E-state index contributed by atoms with van der Waals surface area (Å²) in [7, 11) is 1.60. The van der Waals surface area contributed by atoms with Crippen LogP contribution in [0.5, 0.6) is 5.75 Å². The van der Waals surface area contributed by atoms with Crippen molar-refractivity contribution in [3.63, 3.8) is 0 Å². The third kappa shape index (κ3) is 3.08. The number of hydrogen-bond donors (Lipinski definition) is 2. The highest BCUT2D eigenvalue weighted by Crippen LogP contribution is 2.30. The van der Waals surface area contributed by atoms with Crippen molar-refractivity contribution in [1.29, 1.82) is 0 Å². The van der Waals surface area contributed by atoms with E-state index in [1.54, 1.807) is 14.0 Å². The third-order valence-corrected chi connectivity index (χ3v) is 3.35. The van der Waals surface area contributed by atoms with E-state index in [4.69, 9.17) is 22.1 Å². The molecule has 1 aromatic heterocycles. The van der Waals surface area contributed by atoms with Gasteiger partial charge in [0.05, 0.1) is 23.0 Å². The molecule has 0 atom stereocenters. The number of hydrogen-bond acceptors (Lipinski definition) is 5. The van der Waals surface area contributed by atoms with Gasteiger partial charge in [-0.25, -0.2) is 4.98 Å². The van der Waals surface area contributed by atoms with Gasteiger partial charge >= 0.3 is 0 Å². The fourth-order valence-electron chi connectivity index (χ4n) is 1.52. The minimum absolute atomic E-state index is 0.151. The molecular weight excluding hydrogens is 332 g/mol. The van der Waals surface area contributed by atoms with Crippen molar-refractivity contribution in [1.82, 2.24) is 9.97 Å². The summed E-state index contributed by atoms with van der Waals surface area (Å²) in [5.41, 5.74) is 7.80. The summed E-state index contributed by atoms with van der Waals surface area (Å²) in [6, 6.07) is 5.57. The Bertz CT molecular complexity index is 621. The molecule has 2 aromatic rings. The summed E-state index contributed by atoms with van der Waals surface area (Å²) >= 11 is 9.21. The number of rotatable bonds is 3. The minimum atomic E-state index is 0.151. The van der Waals surface area contributed by atoms with Crippen LogP contribution in [0.25, 0.3) is 0 Å². The van der Waals surface area contributed by atoms with Gasteiger partial charge in [0.1, 0.15) is 5.75 Å². The van der Waals surface area contributed by atoms with Crippen molar-refractivity contribution in [3.8, 4) is 5.75 Å². The van der Waals surface area contributed by atoms with Gasteiger partial charge < -0.3 is 15.8 Å². The van der Waals surface area contributed by atoms with Crippen LogP contribution in [-0.2, 0) is 0 Å². The Labute approximate surface area is 124 Å². The molecule has 0 amide bonds. The number of methoxy groups -OCH3 is 1. The summed E-state index contributed by atoms with van der Waals surface area (Å²) in [6.45, 7) is 1.77. The van der Waals surface area contributed by atoms with E-state index in [0.29, 0.717) is 22.9 Å². The highest BCUT2D eigenvalue weighted by atomic mass is 79.9.